The van der Waals surface area contributed by atoms with Crippen molar-refractivity contribution in [2.75, 3.05) is 20.5 Å². The van der Waals surface area contributed by atoms with Crippen LogP contribution in [0.4, 0.5) is 0 Å². The van der Waals surface area contributed by atoms with Crippen molar-refractivity contribution in [3.8, 4) is 5.75 Å². The number of aliphatic hydroxyl groups is 1. The molecule has 3 nitrogen and oxygen atoms in total. The molecule has 0 bridgehead atoms. The van der Waals surface area contributed by atoms with Gasteiger partial charge in [0.25, 0.3) is 0 Å². The second-order valence-corrected chi connectivity index (χ2v) is 9.82. The molecular weight excluding hydrogens is 411 g/mol. The molecule has 0 radical (unpaired) electrons. The summed E-state index contributed by atoms with van der Waals surface area (Å²) in [7, 11) is 3.43. The van der Waals surface area contributed by atoms with Gasteiger partial charge in [0.05, 0.1) is 0 Å². The molecule has 2 aromatic carbocycles. The van der Waals surface area contributed by atoms with E-state index in [0.29, 0.717) is 5.25 Å². The van der Waals surface area contributed by atoms with Gasteiger partial charge in [-0.2, -0.15) is 0 Å². The van der Waals surface area contributed by atoms with E-state index in [1.54, 1.807) is 14.2 Å². The number of rotatable bonds is 9. The van der Waals surface area contributed by atoms with Crippen molar-refractivity contribution < 1.29 is 14.6 Å². The molecule has 0 unspecified atom stereocenters. The van der Waals surface area contributed by atoms with Gasteiger partial charge in [0.1, 0.15) is 0 Å². The summed E-state index contributed by atoms with van der Waals surface area (Å²) in [5.41, 5.74) is 2.38. The van der Waals surface area contributed by atoms with Crippen LogP contribution in [-0.4, -0.2) is 46.6 Å². The first-order chi connectivity index (χ1) is 12.5. The van der Waals surface area contributed by atoms with E-state index in [-0.39, 0.29) is 25.9 Å². The Morgan fingerprint density at radius 3 is 2.23 bits per heavy atom. The monoisotopic (exact) mass is 440 g/mol. The first-order valence-corrected chi connectivity index (χ1v) is 11.8. The SMILES string of the molecule is COc1cccc([C@H](C)SC)c1[Se][C@H]([C@H](OC)c1ccccc1)[C@@H](C)O. The van der Waals surface area contributed by atoms with E-state index in [2.05, 4.69) is 31.4 Å². The third-order valence-corrected chi connectivity index (χ3v) is 8.72. The van der Waals surface area contributed by atoms with Crippen LogP contribution in [0.25, 0.3) is 0 Å². The molecule has 4 atom stereocenters. The van der Waals surface area contributed by atoms with Crippen LogP contribution in [0, 0.1) is 0 Å². The standard InChI is InChI=1S/C21H28O3SSe/c1-14(22)20(19(24-4)16-10-7-6-8-11-16)26-21-17(15(2)25-5)12-9-13-18(21)23-3/h6-15,19-20,22H,1-5H3/t14-,15+,19-,20+/m1/s1. The van der Waals surface area contributed by atoms with E-state index in [4.69, 9.17) is 9.47 Å². The molecule has 0 fully saturated rings. The molecular formula is C21H28O3SSe. The van der Waals surface area contributed by atoms with Crippen LogP contribution in [0.5, 0.6) is 5.75 Å². The van der Waals surface area contributed by atoms with Crippen molar-refractivity contribution in [2.45, 2.75) is 36.1 Å². The summed E-state index contributed by atoms with van der Waals surface area (Å²) in [6.45, 7) is 4.07. The van der Waals surface area contributed by atoms with Gasteiger partial charge < -0.3 is 0 Å². The van der Waals surface area contributed by atoms with Crippen LogP contribution < -0.4 is 9.20 Å². The molecule has 142 valence electrons. The van der Waals surface area contributed by atoms with Crippen LogP contribution >= 0.6 is 11.8 Å². The maximum absolute atomic E-state index is 10.6. The van der Waals surface area contributed by atoms with Crippen LogP contribution in [0.3, 0.4) is 0 Å². The normalized spacial score (nSPS) is 15.9. The Hall–Kier alpha value is -0.971. The van der Waals surface area contributed by atoms with E-state index in [1.165, 1.54) is 10.0 Å². The topological polar surface area (TPSA) is 38.7 Å². The molecule has 0 aliphatic heterocycles. The van der Waals surface area contributed by atoms with Gasteiger partial charge in [-0.25, -0.2) is 0 Å². The van der Waals surface area contributed by atoms with E-state index in [9.17, 15) is 5.11 Å². The minimum absolute atomic E-state index is 0.0148. The molecule has 0 heterocycles. The number of ether oxygens (including phenoxy) is 2. The van der Waals surface area contributed by atoms with Crippen LogP contribution in [0.2, 0.25) is 4.82 Å². The molecule has 0 aliphatic carbocycles. The summed E-state index contributed by atoms with van der Waals surface area (Å²) < 4.78 is 12.7. The maximum atomic E-state index is 10.6. The van der Waals surface area contributed by atoms with Crippen molar-refractivity contribution in [2.24, 2.45) is 0 Å². The molecule has 0 saturated carbocycles. The Morgan fingerprint density at radius 2 is 1.69 bits per heavy atom. The first-order valence-electron chi connectivity index (χ1n) is 8.65. The van der Waals surface area contributed by atoms with E-state index < -0.39 is 6.10 Å². The fourth-order valence-corrected chi connectivity index (χ4v) is 6.70. The molecule has 2 aromatic rings. The zero-order chi connectivity index (χ0) is 19.1. The fraction of sp³-hybridized carbons (Fsp3) is 0.429. The van der Waals surface area contributed by atoms with E-state index in [1.807, 2.05) is 49.0 Å². The average molecular weight is 439 g/mol. The van der Waals surface area contributed by atoms with Gasteiger partial charge in [-0.1, -0.05) is 0 Å². The van der Waals surface area contributed by atoms with Gasteiger partial charge in [-0.3, -0.25) is 0 Å². The summed E-state index contributed by atoms with van der Waals surface area (Å²) in [5, 5.41) is 10.9. The Kier molecular flexibility index (Phi) is 8.52. The second kappa shape index (κ2) is 10.4. The predicted octanol–water partition coefficient (Wildman–Crippen LogP) is 4.01. The molecule has 0 saturated heterocycles. The molecule has 0 spiro atoms. The zero-order valence-corrected chi connectivity index (χ0v) is 18.5. The number of aliphatic hydroxyl groups excluding tert-OH is 1. The molecule has 2 rings (SSSR count). The van der Waals surface area contributed by atoms with Gasteiger partial charge in [0.15, 0.2) is 0 Å². The third-order valence-electron chi connectivity index (χ3n) is 4.43. The van der Waals surface area contributed by atoms with Gasteiger partial charge in [0, 0.05) is 0 Å². The van der Waals surface area contributed by atoms with Crippen molar-refractivity contribution in [3.63, 3.8) is 0 Å². The molecule has 0 aromatic heterocycles. The van der Waals surface area contributed by atoms with E-state index in [0.717, 1.165) is 11.3 Å². The van der Waals surface area contributed by atoms with Crippen molar-refractivity contribution in [1.82, 2.24) is 0 Å². The minimum atomic E-state index is -0.484. The summed E-state index contributed by atoms with van der Waals surface area (Å²) in [5.74, 6) is 0.900. The molecule has 5 heteroatoms. The van der Waals surface area contributed by atoms with Crippen LogP contribution in [0.15, 0.2) is 48.5 Å². The third kappa shape index (κ3) is 5.05. The molecule has 1 N–H and O–H groups in total. The molecule has 0 aliphatic rings. The Balaban J connectivity index is 2.44. The Labute approximate surface area is 167 Å². The number of hydrogen-bond donors (Lipinski definition) is 1. The van der Waals surface area contributed by atoms with E-state index >= 15 is 0 Å². The number of benzene rings is 2. The predicted molar refractivity (Wildman–Crippen MR) is 112 cm³/mol. The van der Waals surface area contributed by atoms with Crippen LogP contribution in [-0.2, 0) is 4.74 Å². The summed E-state index contributed by atoms with van der Waals surface area (Å²) in [4.78, 5) is -0.0148. The van der Waals surface area contributed by atoms with Crippen molar-refractivity contribution in [1.29, 1.82) is 0 Å². The summed E-state index contributed by atoms with van der Waals surface area (Å²) in [6.07, 6.45) is 1.48. The molecule has 0 amide bonds. The summed E-state index contributed by atoms with van der Waals surface area (Å²) in [6, 6.07) is 16.4. The van der Waals surface area contributed by atoms with Crippen molar-refractivity contribution >= 4 is 31.2 Å². The van der Waals surface area contributed by atoms with Crippen molar-refractivity contribution in [3.05, 3.63) is 59.7 Å². The Morgan fingerprint density at radius 1 is 1.00 bits per heavy atom. The average Bonchev–Trinajstić information content (AvgIpc) is 2.67. The number of thioether (sulfide) groups is 1. The number of methoxy groups -OCH3 is 2. The summed E-state index contributed by atoms with van der Waals surface area (Å²) >= 11 is 1.80. The fourth-order valence-electron chi connectivity index (χ4n) is 2.92. The van der Waals surface area contributed by atoms with Gasteiger partial charge in [-0.15, -0.1) is 0 Å². The molecule has 26 heavy (non-hydrogen) atoms. The van der Waals surface area contributed by atoms with Gasteiger partial charge in [0.2, 0.25) is 0 Å². The quantitative estimate of drug-likeness (QED) is 0.600. The zero-order valence-electron chi connectivity index (χ0n) is 16.0. The van der Waals surface area contributed by atoms with Gasteiger partial charge >= 0.3 is 168 Å². The Bertz CT molecular complexity index is 678. The number of hydrogen-bond acceptors (Lipinski definition) is 4. The first kappa shape index (κ1) is 21.3. The second-order valence-electron chi connectivity index (χ2n) is 6.15. The van der Waals surface area contributed by atoms with Gasteiger partial charge in [-0.05, 0) is 0 Å². The van der Waals surface area contributed by atoms with Crippen LogP contribution in [0.1, 0.15) is 36.3 Å².